The second-order valence-electron chi connectivity index (χ2n) is 7.18. The van der Waals surface area contributed by atoms with Crippen LogP contribution in [0.3, 0.4) is 0 Å². The Morgan fingerprint density at radius 2 is 1.68 bits per heavy atom. The van der Waals surface area contributed by atoms with E-state index in [1.165, 1.54) is 57.9 Å². The molecular weight excluding hydrogens is 230 g/mol. The van der Waals surface area contributed by atoms with Gasteiger partial charge in [0.05, 0.1) is 0 Å². The minimum absolute atomic E-state index is 0.980. The molecule has 0 heterocycles. The number of hydrogen-bond acceptors (Lipinski definition) is 1. The highest BCUT2D eigenvalue weighted by atomic mass is 14.8. The maximum atomic E-state index is 3.62. The molecule has 3 atom stereocenters. The van der Waals surface area contributed by atoms with E-state index in [-0.39, 0.29) is 0 Å². The van der Waals surface area contributed by atoms with Gasteiger partial charge in [0.25, 0.3) is 0 Å². The molecular formula is C18H35N. The quantitative estimate of drug-likeness (QED) is 0.682. The van der Waals surface area contributed by atoms with E-state index in [1.54, 1.807) is 12.8 Å². The molecule has 0 aromatic carbocycles. The van der Waals surface area contributed by atoms with E-state index < -0.39 is 0 Å². The van der Waals surface area contributed by atoms with E-state index in [0.717, 1.165) is 30.2 Å². The molecule has 2 aliphatic rings. The van der Waals surface area contributed by atoms with E-state index >= 15 is 0 Å². The Hall–Kier alpha value is -0.0400. The van der Waals surface area contributed by atoms with Gasteiger partial charge >= 0.3 is 0 Å². The van der Waals surface area contributed by atoms with Crippen molar-refractivity contribution in [2.75, 3.05) is 13.1 Å². The lowest BCUT2D eigenvalue weighted by Crippen LogP contribution is -2.34. The molecule has 2 fully saturated rings. The monoisotopic (exact) mass is 265 g/mol. The van der Waals surface area contributed by atoms with Crippen molar-refractivity contribution in [1.29, 1.82) is 0 Å². The molecule has 0 bridgehead atoms. The van der Waals surface area contributed by atoms with Crippen molar-refractivity contribution in [3.05, 3.63) is 0 Å². The van der Waals surface area contributed by atoms with Crippen molar-refractivity contribution in [2.24, 2.45) is 23.7 Å². The second-order valence-corrected chi connectivity index (χ2v) is 7.18. The summed E-state index contributed by atoms with van der Waals surface area (Å²) >= 11 is 0. The highest BCUT2D eigenvalue weighted by Crippen LogP contribution is 2.42. The van der Waals surface area contributed by atoms with Crippen LogP contribution in [0.2, 0.25) is 0 Å². The van der Waals surface area contributed by atoms with Gasteiger partial charge in [0.15, 0.2) is 0 Å². The minimum Gasteiger partial charge on any atom is -0.317 e. The van der Waals surface area contributed by atoms with Crippen LogP contribution < -0.4 is 5.32 Å². The molecule has 0 aliphatic heterocycles. The Labute approximate surface area is 120 Å². The van der Waals surface area contributed by atoms with Gasteiger partial charge in [0.2, 0.25) is 0 Å². The van der Waals surface area contributed by atoms with Gasteiger partial charge in [0.1, 0.15) is 0 Å². The van der Waals surface area contributed by atoms with Gasteiger partial charge < -0.3 is 5.32 Å². The average molecular weight is 265 g/mol. The maximum Gasteiger partial charge on any atom is -0.00180 e. The highest BCUT2D eigenvalue weighted by molar-refractivity contribution is 4.84. The van der Waals surface area contributed by atoms with E-state index in [2.05, 4.69) is 19.2 Å². The normalized spacial score (nSPS) is 32.8. The predicted octanol–water partition coefficient (Wildman–Crippen LogP) is 5.01. The summed E-state index contributed by atoms with van der Waals surface area (Å²) in [7, 11) is 0. The molecule has 0 spiro atoms. The zero-order valence-electron chi connectivity index (χ0n) is 13.3. The van der Waals surface area contributed by atoms with Crippen LogP contribution in [0.1, 0.15) is 78.1 Å². The first-order chi connectivity index (χ1) is 9.33. The van der Waals surface area contributed by atoms with Crippen LogP contribution in [0.5, 0.6) is 0 Å². The van der Waals surface area contributed by atoms with Crippen LogP contribution in [0.4, 0.5) is 0 Å². The van der Waals surface area contributed by atoms with Gasteiger partial charge in [-0.25, -0.2) is 0 Å². The third kappa shape index (κ3) is 4.77. The summed E-state index contributed by atoms with van der Waals surface area (Å²) in [6.07, 6.45) is 15.0. The number of nitrogens with one attached hydrogen (secondary N) is 1. The van der Waals surface area contributed by atoms with Crippen molar-refractivity contribution in [2.45, 2.75) is 78.1 Å². The highest BCUT2D eigenvalue weighted by Gasteiger charge is 2.32. The molecule has 2 aliphatic carbocycles. The zero-order chi connectivity index (χ0) is 13.5. The molecule has 2 rings (SSSR count). The van der Waals surface area contributed by atoms with Gasteiger partial charge in [0, 0.05) is 0 Å². The molecule has 3 unspecified atom stereocenters. The molecule has 19 heavy (non-hydrogen) atoms. The van der Waals surface area contributed by atoms with Gasteiger partial charge in [-0.05, 0) is 56.0 Å². The summed E-state index contributed by atoms with van der Waals surface area (Å²) in [4.78, 5) is 0. The van der Waals surface area contributed by atoms with E-state index in [0.29, 0.717) is 0 Å². The molecule has 2 saturated carbocycles. The van der Waals surface area contributed by atoms with Crippen molar-refractivity contribution < 1.29 is 0 Å². The van der Waals surface area contributed by atoms with Crippen molar-refractivity contribution in [3.8, 4) is 0 Å². The summed E-state index contributed by atoms with van der Waals surface area (Å²) in [5.74, 6) is 4.14. The molecule has 1 heteroatoms. The Balaban J connectivity index is 1.85. The standard InChI is InChI=1S/C18H35N/c1-3-7-15-10-11-17(14-19-4-2)18(12-15)13-16-8-5-6-9-16/h15-19H,3-14H2,1-2H3. The summed E-state index contributed by atoms with van der Waals surface area (Å²) in [6.45, 7) is 7.03. The molecule has 0 aromatic rings. The van der Waals surface area contributed by atoms with Crippen LogP contribution in [-0.4, -0.2) is 13.1 Å². The largest absolute Gasteiger partial charge is 0.317 e. The summed E-state index contributed by atoms with van der Waals surface area (Å²) in [5, 5.41) is 3.62. The topological polar surface area (TPSA) is 12.0 Å². The van der Waals surface area contributed by atoms with Crippen LogP contribution in [-0.2, 0) is 0 Å². The van der Waals surface area contributed by atoms with Gasteiger partial charge in [-0.15, -0.1) is 0 Å². The van der Waals surface area contributed by atoms with Crippen LogP contribution in [0.25, 0.3) is 0 Å². The zero-order valence-corrected chi connectivity index (χ0v) is 13.3. The lowest BCUT2D eigenvalue weighted by molar-refractivity contribution is 0.143. The van der Waals surface area contributed by atoms with Gasteiger partial charge in [-0.3, -0.25) is 0 Å². The van der Waals surface area contributed by atoms with Gasteiger partial charge in [-0.1, -0.05) is 58.8 Å². The third-order valence-electron chi connectivity index (χ3n) is 5.71. The lowest BCUT2D eigenvalue weighted by Gasteiger charge is -2.38. The Morgan fingerprint density at radius 1 is 0.895 bits per heavy atom. The second kappa shape index (κ2) is 8.29. The molecule has 1 N–H and O–H groups in total. The Kier molecular flexibility index (Phi) is 6.70. The van der Waals surface area contributed by atoms with Crippen LogP contribution in [0, 0.1) is 23.7 Å². The average Bonchev–Trinajstić information content (AvgIpc) is 2.91. The number of rotatable bonds is 7. The van der Waals surface area contributed by atoms with Crippen LogP contribution >= 0.6 is 0 Å². The first-order valence-corrected chi connectivity index (χ1v) is 9.04. The first-order valence-electron chi connectivity index (χ1n) is 9.04. The van der Waals surface area contributed by atoms with Crippen molar-refractivity contribution >= 4 is 0 Å². The minimum atomic E-state index is 0.980. The molecule has 0 aromatic heterocycles. The fourth-order valence-corrected chi connectivity index (χ4v) is 4.66. The predicted molar refractivity (Wildman–Crippen MR) is 84.3 cm³/mol. The molecule has 0 amide bonds. The molecule has 1 nitrogen and oxygen atoms in total. The summed E-state index contributed by atoms with van der Waals surface area (Å²) in [5.41, 5.74) is 0. The Morgan fingerprint density at radius 3 is 2.37 bits per heavy atom. The summed E-state index contributed by atoms with van der Waals surface area (Å²) in [6, 6.07) is 0. The van der Waals surface area contributed by atoms with Gasteiger partial charge in [-0.2, -0.15) is 0 Å². The number of hydrogen-bond donors (Lipinski definition) is 1. The van der Waals surface area contributed by atoms with E-state index in [9.17, 15) is 0 Å². The molecule has 0 radical (unpaired) electrons. The van der Waals surface area contributed by atoms with Crippen molar-refractivity contribution in [3.63, 3.8) is 0 Å². The van der Waals surface area contributed by atoms with Crippen molar-refractivity contribution in [1.82, 2.24) is 5.32 Å². The molecule has 0 saturated heterocycles. The van der Waals surface area contributed by atoms with Crippen LogP contribution in [0.15, 0.2) is 0 Å². The first kappa shape index (κ1) is 15.4. The fraction of sp³-hybridized carbons (Fsp3) is 1.00. The SMILES string of the molecule is CCCC1CCC(CNCC)C(CC2CCCC2)C1. The summed E-state index contributed by atoms with van der Waals surface area (Å²) < 4.78 is 0. The Bertz CT molecular complexity index is 232. The molecule has 112 valence electrons. The fourth-order valence-electron chi connectivity index (χ4n) is 4.66. The third-order valence-corrected chi connectivity index (χ3v) is 5.71. The van der Waals surface area contributed by atoms with E-state index in [4.69, 9.17) is 0 Å². The maximum absolute atomic E-state index is 3.62. The lowest BCUT2D eigenvalue weighted by atomic mass is 9.69. The smallest absolute Gasteiger partial charge is 0.00180 e. The van der Waals surface area contributed by atoms with E-state index in [1.807, 2.05) is 0 Å².